The Balaban J connectivity index is 1.62. The highest BCUT2D eigenvalue weighted by atomic mass is 32.2. The normalized spacial score (nSPS) is 12.7. The van der Waals surface area contributed by atoms with Gasteiger partial charge in [-0.25, -0.2) is 4.68 Å². The first-order chi connectivity index (χ1) is 13.5. The number of ether oxygens (including phenoxy) is 1. The molecule has 1 aromatic heterocycles. The zero-order valence-electron chi connectivity index (χ0n) is 16.3. The van der Waals surface area contributed by atoms with Gasteiger partial charge in [0.2, 0.25) is 5.91 Å². The number of methoxy groups -OCH3 is 1. The Morgan fingerprint density at radius 1 is 1.14 bits per heavy atom. The maximum Gasteiger partial charge on any atom is 0.229 e. The number of fused-ring (bicyclic) bond motifs is 1. The summed E-state index contributed by atoms with van der Waals surface area (Å²) >= 11 is 1.83. The van der Waals surface area contributed by atoms with Crippen molar-refractivity contribution >= 4 is 23.5 Å². The molecule has 2 heterocycles. The van der Waals surface area contributed by atoms with E-state index in [-0.39, 0.29) is 5.91 Å². The average molecular weight is 394 g/mol. The number of aryl methyl sites for hydroxylation is 2. The van der Waals surface area contributed by atoms with E-state index in [0.717, 1.165) is 45.6 Å². The van der Waals surface area contributed by atoms with Crippen molar-refractivity contribution in [1.29, 1.82) is 0 Å². The quantitative estimate of drug-likeness (QED) is 0.697. The minimum Gasteiger partial charge on any atom is -0.497 e. The highest BCUT2D eigenvalue weighted by Gasteiger charge is 2.25. The van der Waals surface area contributed by atoms with E-state index in [1.807, 2.05) is 40.7 Å². The molecule has 0 bridgehead atoms. The molecule has 5 nitrogen and oxygen atoms in total. The molecule has 0 atom stereocenters. The van der Waals surface area contributed by atoms with Gasteiger partial charge in [0.25, 0.3) is 0 Å². The van der Waals surface area contributed by atoms with Gasteiger partial charge in [-0.2, -0.15) is 16.9 Å². The fourth-order valence-corrected chi connectivity index (χ4v) is 4.54. The third-order valence-corrected chi connectivity index (χ3v) is 5.75. The van der Waals surface area contributed by atoms with Crippen LogP contribution >= 0.6 is 11.8 Å². The standard InChI is InChI=1S/C22H23N3O2S/c1-14-8-15(2)10-17(9-14)25-22(19-12-28-13-20(19)24-25)23-21(26)11-16-4-6-18(27-3)7-5-16/h4-10H,11-13H2,1-3H3,(H,23,26). The number of nitrogens with zero attached hydrogens (tertiary/aromatic N) is 2. The second-order valence-electron chi connectivity index (χ2n) is 7.10. The van der Waals surface area contributed by atoms with Gasteiger partial charge < -0.3 is 10.1 Å². The van der Waals surface area contributed by atoms with Crippen LogP contribution in [0.5, 0.6) is 5.75 Å². The van der Waals surface area contributed by atoms with E-state index in [1.54, 1.807) is 7.11 Å². The third-order valence-electron chi connectivity index (χ3n) is 4.78. The first kappa shape index (κ1) is 18.6. The maximum absolute atomic E-state index is 12.8. The minimum atomic E-state index is -0.0459. The summed E-state index contributed by atoms with van der Waals surface area (Å²) in [6.45, 7) is 4.15. The molecule has 3 aromatic rings. The molecule has 1 amide bonds. The van der Waals surface area contributed by atoms with Crippen molar-refractivity contribution in [2.75, 3.05) is 12.4 Å². The van der Waals surface area contributed by atoms with Crippen molar-refractivity contribution in [3.05, 3.63) is 70.4 Å². The molecule has 1 N–H and O–H groups in total. The lowest BCUT2D eigenvalue weighted by Crippen LogP contribution is -2.18. The first-order valence-electron chi connectivity index (χ1n) is 9.23. The first-order valence-corrected chi connectivity index (χ1v) is 10.4. The van der Waals surface area contributed by atoms with E-state index in [0.29, 0.717) is 6.42 Å². The number of thioether (sulfide) groups is 1. The maximum atomic E-state index is 12.8. The van der Waals surface area contributed by atoms with E-state index < -0.39 is 0 Å². The monoisotopic (exact) mass is 393 g/mol. The number of hydrogen-bond donors (Lipinski definition) is 1. The summed E-state index contributed by atoms with van der Waals surface area (Å²) in [5.41, 5.74) is 6.47. The Morgan fingerprint density at radius 2 is 1.86 bits per heavy atom. The molecule has 0 unspecified atom stereocenters. The molecule has 0 saturated heterocycles. The SMILES string of the molecule is COc1ccc(CC(=O)Nc2c3c(nn2-c2cc(C)cc(C)c2)CSC3)cc1. The van der Waals surface area contributed by atoms with Crippen molar-refractivity contribution in [3.8, 4) is 11.4 Å². The molecule has 2 aromatic carbocycles. The molecule has 0 aliphatic carbocycles. The van der Waals surface area contributed by atoms with Gasteiger partial charge in [-0.15, -0.1) is 0 Å². The van der Waals surface area contributed by atoms with Crippen LogP contribution < -0.4 is 10.1 Å². The van der Waals surface area contributed by atoms with Crippen molar-refractivity contribution in [2.24, 2.45) is 0 Å². The highest BCUT2D eigenvalue weighted by Crippen LogP contribution is 2.36. The molecular formula is C22H23N3O2S. The van der Waals surface area contributed by atoms with Crippen molar-refractivity contribution in [3.63, 3.8) is 0 Å². The molecule has 0 radical (unpaired) electrons. The molecule has 28 heavy (non-hydrogen) atoms. The van der Waals surface area contributed by atoms with Crippen LogP contribution in [0.4, 0.5) is 5.82 Å². The predicted octanol–water partition coefficient (Wildman–Crippen LogP) is 4.43. The minimum absolute atomic E-state index is 0.0459. The summed E-state index contributed by atoms with van der Waals surface area (Å²) in [5, 5.41) is 7.91. The molecule has 4 rings (SSSR count). The van der Waals surface area contributed by atoms with Crippen molar-refractivity contribution in [1.82, 2.24) is 9.78 Å². The number of carbonyl (C=O) groups excluding carboxylic acids is 1. The van der Waals surface area contributed by atoms with Crippen molar-refractivity contribution < 1.29 is 9.53 Å². The van der Waals surface area contributed by atoms with E-state index >= 15 is 0 Å². The van der Waals surface area contributed by atoms with Crippen LogP contribution in [-0.4, -0.2) is 22.8 Å². The Kier molecular flexibility index (Phi) is 5.13. The largest absolute Gasteiger partial charge is 0.497 e. The Hall–Kier alpha value is -2.73. The van der Waals surface area contributed by atoms with Crippen LogP contribution in [0.1, 0.15) is 27.9 Å². The number of anilines is 1. The summed E-state index contributed by atoms with van der Waals surface area (Å²) in [4.78, 5) is 12.8. The molecular weight excluding hydrogens is 370 g/mol. The third kappa shape index (κ3) is 3.78. The van der Waals surface area contributed by atoms with E-state index in [2.05, 4.69) is 37.4 Å². The molecule has 0 saturated carbocycles. The summed E-state index contributed by atoms with van der Waals surface area (Å²) in [6.07, 6.45) is 0.309. The summed E-state index contributed by atoms with van der Waals surface area (Å²) < 4.78 is 7.06. The number of hydrogen-bond acceptors (Lipinski definition) is 4. The van der Waals surface area contributed by atoms with Gasteiger partial charge in [-0.3, -0.25) is 4.79 Å². The molecule has 0 spiro atoms. The van der Waals surface area contributed by atoms with Crippen LogP contribution in [0.15, 0.2) is 42.5 Å². The Bertz CT molecular complexity index is 1000. The number of aromatic nitrogens is 2. The molecule has 1 aliphatic heterocycles. The van der Waals surface area contributed by atoms with Gasteiger partial charge >= 0.3 is 0 Å². The van der Waals surface area contributed by atoms with Crippen LogP contribution in [0.3, 0.4) is 0 Å². The topological polar surface area (TPSA) is 56.1 Å². The van der Waals surface area contributed by atoms with Crippen LogP contribution in [0, 0.1) is 13.8 Å². The second-order valence-corrected chi connectivity index (χ2v) is 8.08. The summed E-state index contributed by atoms with van der Waals surface area (Å²) in [5.74, 6) is 3.29. The van der Waals surface area contributed by atoms with E-state index in [9.17, 15) is 4.79 Å². The van der Waals surface area contributed by atoms with Gasteiger partial charge in [-0.1, -0.05) is 18.2 Å². The van der Waals surface area contributed by atoms with Crippen LogP contribution in [-0.2, 0) is 22.7 Å². The van der Waals surface area contributed by atoms with Gasteiger partial charge in [0.1, 0.15) is 11.6 Å². The summed E-state index contributed by atoms with van der Waals surface area (Å²) in [6, 6.07) is 13.9. The van der Waals surface area contributed by atoms with E-state index in [4.69, 9.17) is 9.84 Å². The van der Waals surface area contributed by atoms with E-state index in [1.165, 1.54) is 11.1 Å². The van der Waals surface area contributed by atoms with Gasteiger partial charge in [0.15, 0.2) is 0 Å². The number of carbonyl (C=O) groups is 1. The zero-order chi connectivity index (χ0) is 19.7. The number of nitrogens with one attached hydrogen (secondary N) is 1. The fraction of sp³-hybridized carbons (Fsp3) is 0.273. The fourth-order valence-electron chi connectivity index (χ4n) is 3.51. The number of amides is 1. The Labute approximate surface area is 169 Å². The predicted molar refractivity (Wildman–Crippen MR) is 113 cm³/mol. The number of benzene rings is 2. The molecule has 6 heteroatoms. The molecule has 1 aliphatic rings. The second kappa shape index (κ2) is 7.72. The van der Waals surface area contributed by atoms with Gasteiger partial charge in [0.05, 0.1) is 24.9 Å². The van der Waals surface area contributed by atoms with Crippen LogP contribution in [0.25, 0.3) is 5.69 Å². The Morgan fingerprint density at radius 3 is 2.54 bits per heavy atom. The smallest absolute Gasteiger partial charge is 0.229 e. The van der Waals surface area contributed by atoms with Crippen LogP contribution in [0.2, 0.25) is 0 Å². The van der Waals surface area contributed by atoms with Gasteiger partial charge in [0, 0.05) is 17.1 Å². The van der Waals surface area contributed by atoms with Crippen molar-refractivity contribution in [2.45, 2.75) is 31.8 Å². The number of rotatable bonds is 5. The lowest BCUT2D eigenvalue weighted by molar-refractivity contribution is -0.115. The summed E-state index contributed by atoms with van der Waals surface area (Å²) in [7, 11) is 1.63. The molecule has 0 fully saturated rings. The average Bonchev–Trinajstić information content (AvgIpc) is 3.24. The molecule has 144 valence electrons. The van der Waals surface area contributed by atoms with Gasteiger partial charge in [-0.05, 0) is 54.8 Å². The zero-order valence-corrected chi connectivity index (χ0v) is 17.1. The highest BCUT2D eigenvalue weighted by molar-refractivity contribution is 7.98. The lowest BCUT2D eigenvalue weighted by atomic mass is 10.1. The lowest BCUT2D eigenvalue weighted by Gasteiger charge is -2.12.